The molecule has 0 aliphatic carbocycles. The Bertz CT molecular complexity index is 1080. The number of nitrogens with zero attached hydrogens (tertiary/aromatic N) is 3. The normalized spacial score (nSPS) is 17.6. The first-order valence-electron chi connectivity index (χ1n) is 10.6. The summed E-state index contributed by atoms with van der Waals surface area (Å²) in [5.41, 5.74) is 1.74. The molecule has 2 heterocycles. The Balaban J connectivity index is 1.40. The summed E-state index contributed by atoms with van der Waals surface area (Å²) in [4.78, 5) is 43.4. The topological polar surface area (TPSA) is 79.4 Å². The number of carbonyl (C=O) groups excluding carboxylic acids is 3. The molecule has 8 nitrogen and oxygen atoms in total. The first-order chi connectivity index (χ1) is 16.0. The van der Waals surface area contributed by atoms with Crippen LogP contribution in [-0.4, -0.2) is 73.8 Å². The zero-order valence-corrected chi connectivity index (χ0v) is 19.3. The highest BCUT2D eigenvalue weighted by molar-refractivity contribution is 8.18. The van der Waals surface area contributed by atoms with Crippen molar-refractivity contribution in [1.82, 2.24) is 9.80 Å². The summed E-state index contributed by atoms with van der Waals surface area (Å²) in [5, 5.41) is -0.454. The zero-order valence-electron chi connectivity index (χ0n) is 18.5. The fourth-order valence-electron chi connectivity index (χ4n) is 3.82. The van der Waals surface area contributed by atoms with Crippen LogP contribution in [0.4, 0.5) is 10.5 Å². The Hall–Kier alpha value is -3.46. The van der Waals surface area contributed by atoms with Gasteiger partial charge in [0.25, 0.3) is 11.1 Å². The Morgan fingerprint density at radius 1 is 1.00 bits per heavy atom. The second-order valence-electron chi connectivity index (χ2n) is 7.58. The van der Waals surface area contributed by atoms with Gasteiger partial charge in [0.1, 0.15) is 18.0 Å². The number of benzene rings is 2. The Labute approximate surface area is 196 Å². The molecule has 0 aromatic heterocycles. The molecule has 0 saturated carbocycles. The standard InChI is InChI=1S/C24H25N3O5S/c1-31-19-8-9-20(32-2)17(14-19)15-21-23(29)27(24(30)33-21)16-22(28)26-12-10-25(11-13-26)18-6-4-3-5-7-18/h3-9,14-15H,10-13,16H2,1-2H3/b21-15+. The van der Waals surface area contributed by atoms with Crippen LogP contribution in [0.1, 0.15) is 5.56 Å². The van der Waals surface area contributed by atoms with Crippen LogP contribution >= 0.6 is 11.8 Å². The van der Waals surface area contributed by atoms with Gasteiger partial charge in [0.05, 0.1) is 19.1 Å². The van der Waals surface area contributed by atoms with Crippen molar-refractivity contribution in [2.45, 2.75) is 0 Å². The molecule has 33 heavy (non-hydrogen) atoms. The SMILES string of the molecule is COc1ccc(OC)c(/C=C2/SC(=O)N(CC(=O)N3CCN(c4ccccc4)CC3)C2=O)c1. The molecule has 2 aromatic carbocycles. The second kappa shape index (κ2) is 9.99. The fraction of sp³-hybridized carbons (Fsp3) is 0.292. The van der Waals surface area contributed by atoms with E-state index in [9.17, 15) is 14.4 Å². The number of thioether (sulfide) groups is 1. The van der Waals surface area contributed by atoms with Crippen LogP contribution in [0, 0.1) is 0 Å². The molecular formula is C24H25N3O5S. The molecule has 0 radical (unpaired) electrons. The van der Waals surface area contributed by atoms with Crippen molar-refractivity contribution in [3.05, 3.63) is 59.0 Å². The minimum atomic E-state index is -0.480. The molecule has 0 bridgehead atoms. The van der Waals surface area contributed by atoms with E-state index in [0.29, 0.717) is 43.2 Å². The summed E-state index contributed by atoms with van der Waals surface area (Å²) in [6.07, 6.45) is 1.59. The Kier molecular flexibility index (Phi) is 6.88. The quantitative estimate of drug-likeness (QED) is 0.604. The number of imide groups is 1. The summed E-state index contributed by atoms with van der Waals surface area (Å²) in [7, 11) is 3.08. The van der Waals surface area contributed by atoms with Gasteiger partial charge in [0.2, 0.25) is 5.91 Å². The van der Waals surface area contributed by atoms with E-state index in [0.717, 1.165) is 22.3 Å². The van der Waals surface area contributed by atoms with E-state index in [1.54, 1.807) is 36.3 Å². The van der Waals surface area contributed by atoms with Gasteiger partial charge in [-0.2, -0.15) is 0 Å². The van der Waals surface area contributed by atoms with Gasteiger partial charge in [-0.1, -0.05) is 18.2 Å². The van der Waals surface area contributed by atoms with Gasteiger partial charge < -0.3 is 19.3 Å². The van der Waals surface area contributed by atoms with Gasteiger partial charge in [-0.3, -0.25) is 19.3 Å². The number of para-hydroxylation sites is 1. The molecule has 2 saturated heterocycles. The fourth-order valence-corrected chi connectivity index (χ4v) is 4.65. The number of methoxy groups -OCH3 is 2. The van der Waals surface area contributed by atoms with Gasteiger partial charge in [-0.25, -0.2) is 0 Å². The van der Waals surface area contributed by atoms with Gasteiger partial charge >= 0.3 is 0 Å². The number of amides is 3. The summed E-state index contributed by atoms with van der Waals surface area (Å²) in [6, 6.07) is 15.2. The molecule has 9 heteroatoms. The maximum absolute atomic E-state index is 12.9. The van der Waals surface area contributed by atoms with Crippen LogP contribution in [0.15, 0.2) is 53.4 Å². The van der Waals surface area contributed by atoms with Crippen molar-refractivity contribution < 1.29 is 23.9 Å². The monoisotopic (exact) mass is 467 g/mol. The molecule has 4 rings (SSSR count). The number of ether oxygens (including phenoxy) is 2. The highest BCUT2D eigenvalue weighted by atomic mass is 32.2. The number of anilines is 1. The van der Waals surface area contributed by atoms with Crippen molar-refractivity contribution >= 4 is 40.6 Å². The maximum Gasteiger partial charge on any atom is 0.294 e. The van der Waals surface area contributed by atoms with Crippen LogP contribution in [0.3, 0.4) is 0 Å². The molecule has 0 N–H and O–H groups in total. The van der Waals surface area contributed by atoms with Crippen LogP contribution in [0.5, 0.6) is 11.5 Å². The summed E-state index contributed by atoms with van der Waals surface area (Å²) in [5.74, 6) is 0.442. The Morgan fingerprint density at radius 3 is 2.39 bits per heavy atom. The van der Waals surface area contributed by atoms with Crippen molar-refractivity contribution in [2.75, 3.05) is 51.8 Å². The highest BCUT2D eigenvalue weighted by Gasteiger charge is 2.37. The molecule has 2 aliphatic heterocycles. The van der Waals surface area contributed by atoms with Gasteiger partial charge in [-0.15, -0.1) is 0 Å². The largest absolute Gasteiger partial charge is 0.497 e. The van der Waals surface area contributed by atoms with E-state index in [4.69, 9.17) is 9.47 Å². The third-order valence-corrected chi connectivity index (χ3v) is 6.55. The summed E-state index contributed by atoms with van der Waals surface area (Å²) >= 11 is 0.819. The average molecular weight is 468 g/mol. The van der Waals surface area contributed by atoms with E-state index in [-0.39, 0.29) is 17.4 Å². The third kappa shape index (κ3) is 4.98. The van der Waals surface area contributed by atoms with Crippen LogP contribution in [0.25, 0.3) is 6.08 Å². The first-order valence-corrected chi connectivity index (χ1v) is 11.4. The second-order valence-corrected chi connectivity index (χ2v) is 8.57. The van der Waals surface area contributed by atoms with E-state index in [1.807, 2.05) is 30.3 Å². The lowest BCUT2D eigenvalue weighted by Crippen LogP contribution is -2.51. The number of hydrogen-bond donors (Lipinski definition) is 0. The predicted octanol–water partition coefficient (Wildman–Crippen LogP) is 3.09. The molecule has 0 unspecified atom stereocenters. The van der Waals surface area contributed by atoms with Gasteiger partial charge in [0, 0.05) is 37.4 Å². The van der Waals surface area contributed by atoms with Crippen molar-refractivity contribution in [1.29, 1.82) is 0 Å². The average Bonchev–Trinajstić information content (AvgIpc) is 3.11. The predicted molar refractivity (Wildman–Crippen MR) is 127 cm³/mol. The van der Waals surface area contributed by atoms with E-state index < -0.39 is 11.1 Å². The number of piperazine rings is 1. The van der Waals surface area contributed by atoms with Gasteiger partial charge in [-0.05, 0) is 48.2 Å². The maximum atomic E-state index is 12.9. The van der Waals surface area contributed by atoms with Crippen LogP contribution in [0.2, 0.25) is 0 Å². The summed E-state index contributed by atoms with van der Waals surface area (Å²) < 4.78 is 10.6. The van der Waals surface area contributed by atoms with E-state index >= 15 is 0 Å². The number of rotatable bonds is 6. The molecule has 172 valence electrons. The Morgan fingerprint density at radius 2 is 1.73 bits per heavy atom. The first kappa shape index (κ1) is 22.7. The molecule has 3 amide bonds. The molecule has 2 aliphatic rings. The third-order valence-electron chi connectivity index (χ3n) is 5.64. The zero-order chi connectivity index (χ0) is 23.4. The van der Waals surface area contributed by atoms with E-state index in [2.05, 4.69) is 4.90 Å². The lowest BCUT2D eigenvalue weighted by Gasteiger charge is -2.36. The van der Waals surface area contributed by atoms with Crippen LogP contribution < -0.4 is 14.4 Å². The van der Waals surface area contributed by atoms with Crippen LogP contribution in [-0.2, 0) is 9.59 Å². The molecule has 2 aromatic rings. The highest BCUT2D eigenvalue weighted by Crippen LogP contribution is 2.35. The summed E-state index contributed by atoms with van der Waals surface area (Å²) in [6.45, 7) is 2.23. The molecule has 2 fully saturated rings. The lowest BCUT2D eigenvalue weighted by atomic mass is 10.1. The van der Waals surface area contributed by atoms with E-state index in [1.165, 1.54) is 7.11 Å². The molecule has 0 atom stereocenters. The van der Waals surface area contributed by atoms with Crippen molar-refractivity contribution in [3.63, 3.8) is 0 Å². The molecule has 0 spiro atoms. The van der Waals surface area contributed by atoms with Gasteiger partial charge in [0.15, 0.2) is 0 Å². The number of hydrogen-bond acceptors (Lipinski definition) is 7. The minimum absolute atomic E-state index is 0.231. The van der Waals surface area contributed by atoms with Crippen molar-refractivity contribution in [2.24, 2.45) is 0 Å². The lowest BCUT2D eigenvalue weighted by molar-refractivity contribution is -0.136. The van der Waals surface area contributed by atoms with Crippen molar-refractivity contribution in [3.8, 4) is 11.5 Å². The minimum Gasteiger partial charge on any atom is -0.497 e. The molecular weight excluding hydrogens is 442 g/mol. The smallest absolute Gasteiger partial charge is 0.294 e. The number of carbonyl (C=O) groups is 3.